The van der Waals surface area contributed by atoms with Crippen molar-refractivity contribution in [3.63, 3.8) is 0 Å². The molecule has 200 valence electrons. The largest absolute Gasteiger partial charge is 0.507 e. The number of carbonyl (C=O) groups is 3. The number of para-hydroxylation sites is 2. The van der Waals surface area contributed by atoms with Crippen LogP contribution in [0.5, 0.6) is 11.5 Å². The van der Waals surface area contributed by atoms with E-state index in [2.05, 4.69) is 20.8 Å². The highest BCUT2D eigenvalue weighted by Crippen LogP contribution is 2.17. The lowest BCUT2D eigenvalue weighted by molar-refractivity contribution is -0.134. The number of aliphatic hydroxyl groups is 1. The van der Waals surface area contributed by atoms with E-state index in [1.165, 1.54) is 12.1 Å². The second-order valence-electron chi connectivity index (χ2n) is 9.75. The molecule has 1 atom stereocenters. The van der Waals surface area contributed by atoms with E-state index >= 15 is 0 Å². The van der Waals surface area contributed by atoms with Crippen molar-refractivity contribution in [1.82, 2.24) is 0 Å². The number of aromatic carboxylic acids is 1. The first kappa shape index (κ1) is 32.8. The van der Waals surface area contributed by atoms with Crippen LogP contribution in [0.25, 0.3) is 0 Å². The number of hydrogen-bond donors (Lipinski definition) is 3. The number of carboxylic acids is 1. The van der Waals surface area contributed by atoms with Crippen molar-refractivity contribution in [2.24, 2.45) is 11.8 Å². The van der Waals surface area contributed by atoms with Gasteiger partial charge in [0.2, 0.25) is 0 Å². The molecule has 0 fully saturated rings. The van der Waals surface area contributed by atoms with Crippen LogP contribution >= 0.6 is 0 Å². The lowest BCUT2D eigenvalue weighted by Crippen LogP contribution is -2.18. The van der Waals surface area contributed by atoms with Gasteiger partial charge in [0.15, 0.2) is 0 Å². The topological polar surface area (TPSA) is 121 Å². The number of ether oxygens (including phenoxy) is 1. The molecule has 2 rings (SSSR count). The van der Waals surface area contributed by atoms with Crippen LogP contribution in [0.3, 0.4) is 0 Å². The molecule has 36 heavy (non-hydrogen) atoms. The molecule has 7 heteroatoms. The molecule has 0 bridgehead atoms. The summed E-state index contributed by atoms with van der Waals surface area (Å²) in [7, 11) is 0. The Morgan fingerprint density at radius 2 is 1.56 bits per heavy atom. The molecule has 0 amide bonds. The fraction of sp³-hybridized carbons (Fsp3) is 0.483. The molecule has 0 saturated carbocycles. The Hall–Kier alpha value is -3.19. The van der Waals surface area contributed by atoms with Crippen LogP contribution in [0.2, 0.25) is 0 Å². The van der Waals surface area contributed by atoms with Crippen LogP contribution in [0.15, 0.2) is 54.6 Å². The van der Waals surface area contributed by atoms with Gasteiger partial charge in [-0.3, -0.25) is 4.79 Å². The minimum Gasteiger partial charge on any atom is -0.507 e. The first-order valence-electron chi connectivity index (χ1n) is 12.3. The van der Waals surface area contributed by atoms with Gasteiger partial charge in [0.05, 0.1) is 5.60 Å². The molecule has 0 aliphatic carbocycles. The summed E-state index contributed by atoms with van der Waals surface area (Å²) in [5.41, 5.74) is -0.622. The number of hydrogen-bond acceptors (Lipinski definition) is 6. The maximum atomic E-state index is 11.3. The summed E-state index contributed by atoms with van der Waals surface area (Å²) >= 11 is 0. The van der Waals surface area contributed by atoms with Crippen LogP contribution in [0.4, 0.5) is 0 Å². The van der Waals surface area contributed by atoms with E-state index in [1.807, 2.05) is 32.0 Å². The van der Waals surface area contributed by atoms with Gasteiger partial charge in [0, 0.05) is 12.8 Å². The molecule has 2 aromatic carbocycles. The van der Waals surface area contributed by atoms with Gasteiger partial charge in [-0.2, -0.15) is 0 Å². The summed E-state index contributed by atoms with van der Waals surface area (Å²) < 4.78 is 5.13. The third-order valence-corrected chi connectivity index (χ3v) is 5.02. The van der Waals surface area contributed by atoms with Gasteiger partial charge in [0.25, 0.3) is 0 Å². The lowest BCUT2D eigenvalue weighted by Gasteiger charge is -2.17. The quantitative estimate of drug-likeness (QED) is 0.188. The summed E-state index contributed by atoms with van der Waals surface area (Å²) in [5.74, 6) is 0.169. The van der Waals surface area contributed by atoms with E-state index in [0.717, 1.165) is 32.0 Å². The average molecular weight is 503 g/mol. The van der Waals surface area contributed by atoms with Crippen LogP contribution in [-0.2, 0) is 9.59 Å². The Kier molecular flexibility index (Phi) is 16.5. The van der Waals surface area contributed by atoms with Crippen LogP contribution < -0.4 is 4.74 Å². The predicted molar refractivity (Wildman–Crippen MR) is 141 cm³/mol. The third-order valence-electron chi connectivity index (χ3n) is 5.02. The number of esters is 1. The standard InChI is InChI=1S/C12H16O2.C10H20O2.C7H6O3/c1-10(2)8-9-12(13)14-11-6-4-3-5-7-11;1-9(6-8-11)5-4-7-10(2,3)12;8-6-4-2-1-3-5(6)7(9)10/h3-7,10H,8-9H2,1-2H3;8-9,12H,4-7H2,1-3H3;1-4,8H,(H,9,10)/t;9-;/m.1./s1. The van der Waals surface area contributed by atoms with E-state index in [4.69, 9.17) is 14.9 Å². The molecule has 0 unspecified atom stereocenters. The van der Waals surface area contributed by atoms with Crippen LogP contribution in [0.1, 0.15) is 83.5 Å². The molecule has 0 aromatic heterocycles. The summed E-state index contributed by atoms with van der Waals surface area (Å²) in [5, 5.41) is 26.7. The first-order chi connectivity index (χ1) is 16.9. The number of carboxylic acid groups (broad SMARTS) is 1. The fourth-order valence-electron chi connectivity index (χ4n) is 2.90. The monoisotopic (exact) mass is 502 g/mol. The van der Waals surface area contributed by atoms with Crippen molar-refractivity contribution in [1.29, 1.82) is 0 Å². The second kappa shape index (κ2) is 18.1. The number of carbonyl (C=O) groups excluding carboxylic acids is 2. The highest BCUT2D eigenvalue weighted by Gasteiger charge is 2.12. The predicted octanol–water partition coefficient (Wildman–Crippen LogP) is 6.27. The van der Waals surface area contributed by atoms with Gasteiger partial charge >= 0.3 is 11.9 Å². The summed E-state index contributed by atoms with van der Waals surface area (Å²) in [6.07, 6.45) is 5.83. The summed E-state index contributed by atoms with van der Waals surface area (Å²) in [6.45, 7) is 9.89. The van der Waals surface area contributed by atoms with Crippen molar-refractivity contribution >= 4 is 18.2 Å². The molecule has 3 N–H and O–H groups in total. The molecule has 0 aliphatic rings. The highest BCUT2D eigenvalue weighted by atomic mass is 16.5. The zero-order valence-electron chi connectivity index (χ0n) is 22.1. The minimum atomic E-state index is -1.11. The van der Waals surface area contributed by atoms with Crippen molar-refractivity contribution in [2.75, 3.05) is 0 Å². The van der Waals surface area contributed by atoms with E-state index in [0.29, 0.717) is 30.4 Å². The van der Waals surface area contributed by atoms with E-state index < -0.39 is 11.6 Å². The Morgan fingerprint density at radius 3 is 2.03 bits per heavy atom. The Bertz CT molecular complexity index is 886. The van der Waals surface area contributed by atoms with Gasteiger partial charge in [-0.25, -0.2) is 4.79 Å². The molecular weight excluding hydrogens is 460 g/mol. The van der Waals surface area contributed by atoms with Crippen molar-refractivity contribution < 1.29 is 34.4 Å². The van der Waals surface area contributed by atoms with Crippen molar-refractivity contribution in [3.05, 3.63) is 60.2 Å². The minimum absolute atomic E-state index is 0.0671. The number of phenols is 1. The molecule has 7 nitrogen and oxygen atoms in total. The Labute approximate surface area is 215 Å². The van der Waals surface area contributed by atoms with Gasteiger partial charge in [-0.1, -0.05) is 63.9 Å². The number of rotatable bonds is 11. The zero-order valence-corrected chi connectivity index (χ0v) is 22.1. The van der Waals surface area contributed by atoms with Crippen molar-refractivity contribution in [2.45, 2.75) is 78.7 Å². The van der Waals surface area contributed by atoms with E-state index in [9.17, 15) is 19.5 Å². The SMILES string of the molecule is CC(C)CCC(=O)Oc1ccccc1.C[C@@H](CC=O)CCCC(C)(C)O.O=C(O)c1ccccc1O. The van der Waals surface area contributed by atoms with Gasteiger partial charge in [-0.05, 0) is 62.8 Å². The number of aldehydes is 1. The maximum absolute atomic E-state index is 11.3. The summed E-state index contributed by atoms with van der Waals surface area (Å²) in [6, 6.07) is 15.0. The van der Waals surface area contributed by atoms with Gasteiger partial charge in [0.1, 0.15) is 23.3 Å². The lowest BCUT2D eigenvalue weighted by atomic mass is 9.96. The first-order valence-corrected chi connectivity index (χ1v) is 12.3. The average Bonchev–Trinajstić information content (AvgIpc) is 2.79. The smallest absolute Gasteiger partial charge is 0.339 e. The van der Waals surface area contributed by atoms with Crippen LogP contribution in [0, 0.1) is 11.8 Å². The molecular formula is C29H42O7. The van der Waals surface area contributed by atoms with E-state index in [1.54, 1.807) is 24.3 Å². The number of benzene rings is 2. The fourth-order valence-corrected chi connectivity index (χ4v) is 2.90. The molecule has 0 radical (unpaired) electrons. The third kappa shape index (κ3) is 18.2. The van der Waals surface area contributed by atoms with Crippen LogP contribution in [-0.4, -0.2) is 39.1 Å². The highest BCUT2D eigenvalue weighted by molar-refractivity contribution is 5.90. The Balaban J connectivity index is 0.000000518. The molecule has 2 aromatic rings. The molecule has 0 heterocycles. The summed E-state index contributed by atoms with van der Waals surface area (Å²) in [4.78, 5) is 31.7. The van der Waals surface area contributed by atoms with Crippen molar-refractivity contribution in [3.8, 4) is 11.5 Å². The second-order valence-corrected chi connectivity index (χ2v) is 9.75. The molecule has 0 spiro atoms. The number of aromatic hydroxyl groups is 1. The van der Waals surface area contributed by atoms with Gasteiger partial charge in [-0.15, -0.1) is 0 Å². The Morgan fingerprint density at radius 1 is 0.972 bits per heavy atom. The molecule has 0 aliphatic heterocycles. The van der Waals surface area contributed by atoms with Gasteiger partial charge < -0.3 is 24.9 Å². The maximum Gasteiger partial charge on any atom is 0.339 e. The molecule has 0 saturated heterocycles. The normalized spacial score (nSPS) is 11.3. The van der Waals surface area contributed by atoms with E-state index in [-0.39, 0.29) is 17.3 Å². The zero-order chi connectivity index (χ0) is 27.6.